The number of benzene rings is 2. The average Bonchev–Trinajstić information content (AvgIpc) is 3.55. The van der Waals surface area contributed by atoms with Gasteiger partial charge in [0.25, 0.3) is 5.91 Å². The van der Waals surface area contributed by atoms with Crippen molar-refractivity contribution in [1.82, 2.24) is 9.88 Å². The zero-order chi connectivity index (χ0) is 24.6. The highest BCUT2D eigenvalue weighted by Crippen LogP contribution is 2.36. The lowest BCUT2D eigenvalue weighted by Crippen LogP contribution is -2.49. The first-order valence-corrected chi connectivity index (χ1v) is 13.7. The highest BCUT2D eigenvalue weighted by Gasteiger charge is 2.33. The van der Waals surface area contributed by atoms with Crippen LogP contribution in [0.1, 0.15) is 15.9 Å². The predicted octanol–water partition coefficient (Wildman–Crippen LogP) is 5.16. The Kier molecular flexibility index (Phi) is 6.39. The molecule has 180 valence electrons. The average molecular weight is 528 g/mol. The highest BCUT2D eigenvalue weighted by molar-refractivity contribution is 7.91. The smallest absolute Gasteiger partial charge is 0.254 e. The first-order chi connectivity index (χ1) is 16.8. The number of nitrogens with zero attached hydrogens (tertiary/aromatic N) is 3. The lowest BCUT2D eigenvalue weighted by Gasteiger charge is -2.34. The molecule has 35 heavy (non-hydrogen) atoms. The van der Waals surface area contributed by atoms with E-state index in [0.717, 1.165) is 10.4 Å². The monoisotopic (exact) mass is 527 g/mol. The van der Waals surface area contributed by atoms with E-state index in [-0.39, 0.29) is 27.6 Å². The first-order valence-electron chi connectivity index (χ1n) is 11.0. The Hall–Kier alpha value is -3.14. The number of hydrogen-bond acceptors (Lipinski definition) is 7. The van der Waals surface area contributed by atoms with Crippen LogP contribution in [0.4, 0.5) is 5.88 Å². The van der Waals surface area contributed by atoms with Crippen LogP contribution < -0.4 is 4.90 Å². The van der Waals surface area contributed by atoms with Gasteiger partial charge < -0.3 is 14.2 Å². The molecule has 2 aromatic carbocycles. The number of rotatable bonds is 5. The molecule has 1 amide bonds. The van der Waals surface area contributed by atoms with Gasteiger partial charge in [-0.1, -0.05) is 41.4 Å². The van der Waals surface area contributed by atoms with E-state index >= 15 is 0 Å². The zero-order valence-corrected chi connectivity index (χ0v) is 21.2. The summed E-state index contributed by atoms with van der Waals surface area (Å²) in [5.41, 5.74) is 1.48. The number of hydrogen-bond donors (Lipinski definition) is 0. The molecular weight excluding hydrogens is 506 g/mol. The summed E-state index contributed by atoms with van der Waals surface area (Å²) in [4.78, 5) is 21.8. The van der Waals surface area contributed by atoms with Gasteiger partial charge in [-0.2, -0.15) is 4.98 Å². The molecule has 0 N–H and O–H groups in total. The van der Waals surface area contributed by atoms with Gasteiger partial charge in [0.15, 0.2) is 0 Å². The van der Waals surface area contributed by atoms with E-state index in [1.807, 2.05) is 29.3 Å². The van der Waals surface area contributed by atoms with Crippen molar-refractivity contribution < 1.29 is 17.6 Å². The van der Waals surface area contributed by atoms with E-state index < -0.39 is 9.84 Å². The van der Waals surface area contributed by atoms with Crippen LogP contribution in [0.15, 0.2) is 80.4 Å². The van der Waals surface area contributed by atoms with E-state index in [4.69, 9.17) is 16.0 Å². The van der Waals surface area contributed by atoms with Crippen molar-refractivity contribution in [2.45, 2.75) is 16.8 Å². The Bertz CT molecular complexity index is 1460. The van der Waals surface area contributed by atoms with Gasteiger partial charge in [0.1, 0.15) is 0 Å². The lowest BCUT2D eigenvalue weighted by molar-refractivity contribution is 0.0745. The third-order valence-electron chi connectivity index (χ3n) is 5.82. The van der Waals surface area contributed by atoms with Crippen LogP contribution in [0.3, 0.4) is 0 Å². The maximum atomic E-state index is 13.6. The second kappa shape index (κ2) is 9.49. The van der Waals surface area contributed by atoms with Crippen molar-refractivity contribution in [3.05, 3.63) is 82.2 Å². The Morgan fingerprint density at radius 1 is 1.03 bits per heavy atom. The molecule has 1 aliphatic rings. The van der Waals surface area contributed by atoms with Crippen LogP contribution in [0.25, 0.3) is 10.8 Å². The van der Waals surface area contributed by atoms with Crippen LogP contribution in [0.5, 0.6) is 0 Å². The van der Waals surface area contributed by atoms with Crippen molar-refractivity contribution in [3.8, 4) is 10.8 Å². The topological polar surface area (TPSA) is 83.7 Å². The van der Waals surface area contributed by atoms with Crippen molar-refractivity contribution in [1.29, 1.82) is 0 Å². The molecule has 0 radical (unpaired) electrons. The molecule has 1 aliphatic heterocycles. The molecule has 0 saturated carbocycles. The number of thiophene rings is 1. The van der Waals surface area contributed by atoms with Crippen LogP contribution in [-0.2, 0) is 9.84 Å². The van der Waals surface area contributed by atoms with Crippen LogP contribution in [0, 0.1) is 6.92 Å². The molecule has 10 heteroatoms. The summed E-state index contributed by atoms with van der Waals surface area (Å²) in [6.07, 6.45) is 0. The third-order valence-corrected chi connectivity index (χ3v) is 8.58. The molecule has 1 saturated heterocycles. The van der Waals surface area contributed by atoms with Crippen molar-refractivity contribution in [3.63, 3.8) is 0 Å². The number of amides is 1. The number of carbonyl (C=O) groups is 1. The van der Waals surface area contributed by atoms with Crippen molar-refractivity contribution in [2.24, 2.45) is 0 Å². The van der Waals surface area contributed by atoms with Crippen molar-refractivity contribution >= 4 is 44.6 Å². The maximum Gasteiger partial charge on any atom is 0.254 e. The van der Waals surface area contributed by atoms with Crippen LogP contribution >= 0.6 is 22.9 Å². The second-order valence-electron chi connectivity index (χ2n) is 8.21. The molecule has 2 aromatic heterocycles. The Morgan fingerprint density at radius 3 is 2.43 bits per heavy atom. The standard InChI is InChI=1S/C25H22ClN3O4S2/c1-17-7-9-20(10-8-17)35(31,32)23-25(33-22(27-23)21-6-3-15-34-21)29-13-11-28(12-14-29)24(30)18-4-2-5-19(26)16-18/h2-10,15-16H,11-14H2,1H3. The van der Waals surface area contributed by atoms with E-state index in [1.165, 1.54) is 11.3 Å². The summed E-state index contributed by atoms with van der Waals surface area (Å²) in [6, 6.07) is 17.2. The van der Waals surface area contributed by atoms with Crippen LogP contribution in [-0.4, -0.2) is 50.4 Å². The fraction of sp³-hybridized carbons (Fsp3) is 0.200. The van der Waals surface area contributed by atoms with Gasteiger partial charge in [-0.15, -0.1) is 11.3 Å². The van der Waals surface area contributed by atoms with E-state index in [0.29, 0.717) is 36.8 Å². The molecule has 0 bridgehead atoms. The van der Waals surface area contributed by atoms with Gasteiger partial charge in [-0.25, -0.2) is 8.42 Å². The number of carbonyl (C=O) groups excluding carboxylic acids is 1. The number of halogens is 1. The quantitative estimate of drug-likeness (QED) is 0.356. The Labute approximate surface area is 212 Å². The third kappa shape index (κ3) is 4.71. The van der Waals surface area contributed by atoms with Crippen LogP contribution in [0.2, 0.25) is 5.02 Å². The summed E-state index contributed by atoms with van der Waals surface area (Å²) in [7, 11) is -3.92. The number of aryl methyl sites for hydroxylation is 1. The summed E-state index contributed by atoms with van der Waals surface area (Å²) in [5.74, 6) is 0.346. The van der Waals surface area contributed by atoms with Gasteiger partial charge in [0, 0.05) is 36.8 Å². The molecule has 5 rings (SSSR count). The molecule has 1 fully saturated rings. The predicted molar refractivity (Wildman–Crippen MR) is 136 cm³/mol. The van der Waals surface area contributed by atoms with Gasteiger partial charge in [-0.05, 0) is 48.7 Å². The first kappa shape index (κ1) is 23.6. The molecule has 0 spiro atoms. The summed E-state index contributed by atoms with van der Waals surface area (Å²) >= 11 is 7.46. The molecule has 3 heterocycles. The molecule has 4 aromatic rings. The maximum absolute atomic E-state index is 13.6. The minimum absolute atomic E-state index is 0.112. The van der Waals surface area contributed by atoms with Crippen molar-refractivity contribution in [2.75, 3.05) is 31.1 Å². The number of aromatic nitrogens is 1. The molecule has 0 atom stereocenters. The lowest BCUT2D eigenvalue weighted by atomic mass is 10.2. The number of anilines is 1. The molecular formula is C25H22ClN3O4S2. The molecule has 0 aliphatic carbocycles. The zero-order valence-electron chi connectivity index (χ0n) is 18.8. The second-order valence-corrected chi connectivity index (χ2v) is 11.5. The fourth-order valence-corrected chi connectivity index (χ4v) is 6.09. The number of piperazine rings is 1. The SMILES string of the molecule is Cc1ccc(S(=O)(=O)c2nc(-c3cccs3)oc2N2CCN(C(=O)c3cccc(Cl)c3)CC2)cc1. The number of oxazole rings is 1. The van der Waals surface area contributed by atoms with Gasteiger partial charge in [0.2, 0.25) is 26.6 Å². The highest BCUT2D eigenvalue weighted by atomic mass is 35.5. The normalized spacial score (nSPS) is 14.3. The number of sulfone groups is 1. The van der Waals surface area contributed by atoms with Gasteiger partial charge >= 0.3 is 0 Å². The minimum atomic E-state index is -3.92. The largest absolute Gasteiger partial charge is 0.418 e. The van der Waals surface area contributed by atoms with E-state index in [9.17, 15) is 13.2 Å². The summed E-state index contributed by atoms with van der Waals surface area (Å²) in [6.45, 7) is 3.52. The summed E-state index contributed by atoms with van der Waals surface area (Å²) in [5, 5.41) is 2.27. The minimum Gasteiger partial charge on any atom is -0.418 e. The van der Waals surface area contributed by atoms with E-state index in [1.54, 1.807) is 53.4 Å². The van der Waals surface area contributed by atoms with E-state index in [2.05, 4.69) is 4.98 Å². The molecule has 7 nitrogen and oxygen atoms in total. The Balaban J connectivity index is 1.44. The summed E-state index contributed by atoms with van der Waals surface area (Å²) < 4.78 is 33.2. The molecule has 0 unspecified atom stereocenters. The van der Waals surface area contributed by atoms with Gasteiger partial charge in [0.05, 0.1) is 9.77 Å². The Morgan fingerprint density at radius 2 is 1.77 bits per heavy atom. The fourth-order valence-electron chi connectivity index (χ4n) is 3.92. The van der Waals surface area contributed by atoms with Gasteiger partial charge in [-0.3, -0.25) is 4.79 Å².